The molecule has 0 aromatic rings. The van der Waals surface area contributed by atoms with Crippen LogP contribution in [-0.4, -0.2) is 39.6 Å². The molecule has 0 spiro atoms. The van der Waals surface area contributed by atoms with Crippen molar-refractivity contribution in [2.75, 3.05) is 0 Å². The molecule has 2 unspecified atom stereocenters. The second kappa shape index (κ2) is 6.19. The molecule has 17 heavy (non-hydrogen) atoms. The number of carboxylic acids is 2. The van der Waals surface area contributed by atoms with Gasteiger partial charge in [-0.15, -0.1) is 0 Å². The molecule has 0 aliphatic carbocycles. The van der Waals surface area contributed by atoms with Crippen LogP contribution in [0.5, 0.6) is 0 Å². The first-order chi connectivity index (χ1) is 7.73. The van der Waals surface area contributed by atoms with Crippen LogP contribution < -0.4 is 11.1 Å². The van der Waals surface area contributed by atoms with Crippen LogP contribution in [0.2, 0.25) is 0 Å². The second-order valence-electron chi connectivity index (χ2n) is 4.02. The highest BCUT2D eigenvalue weighted by Gasteiger charge is 2.34. The summed E-state index contributed by atoms with van der Waals surface area (Å²) in [6.07, 6.45) is -0.0508. The molecule has 0 rings (SSSR count). The third-order valence-electron chi connectivity index (χ3n) is 2.58. The Kier molecular flexibility index (Phi) is 5.60. The maximum atomic E-state index is 11.5. The summed E-state index contributed by atoms with van der Waals surface area (Å²) in [5, 5.41) is 19.7. The number of hydrogen-bond donors (Lipinski definition) is 4. The number of carboxylic acid groups (broad SMARTS) is 2. The molecule has 0 aromatic heterocycles. The molecule has 0 fully saturated rings. The van der Waals surface area contributed by atoms with Gasteiger partial charge in [-0.3, -0.25) is 9.59 Å². The molecule has 0 aromatic carbocycles. The van der Waals surface area contributed by atoms with Crippen LogP contribution in [0, 0.1) is 0 Å². The Morgan fingerprint density at radius 3 is 2.24 bits per heavy atom. The van der Waals surface area contributed by atoms with Crippen molar-refractivity contribution in [2.45, 2.75) is 44.7 Å². The topological polar surface area (TPSA) is 130 Å². The van der Waals surface area contributed by atoms with Crippen molar-refractivity contribution in [2.24, 2.45) is 5.73 Å². The van der Waals surface area contributed by atoms with E-state index < -0.39 is 29.4 Å². The van der Waals surface area contributed by atoms with Crippen LogP contribution in [-0.2, 0) is 14.4 Å². The van der Waals surface area contributed by atoms with E-state index in [1.807, 2.05) is 0 Å². The number of hydrogen-bond acceptors (Lipinski definition) is 4. The standard InChI is InChI=1S/C10H18N2O5/c1-3-10(2,9(16)17)12-8(15)6(11)4-5-7(13)14/h6H,3-5,11H2,1-2H3,(H,12,15)(H,13,14)(H,16,17). The first-order valence-corrected chi connectivity index (χ1v) is 5.25. The predicted octanol–water partition coefficient (Wildman–Crippen LogP) is -0.452. The molecular formula is C10H18N2O5. The van der Waals surface area contributed by atoms with Gasteiger partial charge in [-0.25, -0.2) is 4.79 Å². The van der Waals surface area contributed by atoms with Gasteiger partial charge in [0.05, 0.1) is 6.04 Å². The zero-order valence-electron chi connectivity index (χ0n) is 9.90. The summed E-state index contributed by atoms with van der Waals surface area (Å²) < 4.78 is 0. The van der Waals surface area contributed by atoms with Gasteiger partial charge < -0.3 is 21.3 Å². The third kappa shape index (κ3) is 4.81. The lowest BCUT2D eigenvalue weighted by molar-refractivity contribution is -0.147. The first-order valence-electron chi connectivity index (χ1n) is 5.25. The molecule has 5 N–H and O–H groups in total. The van der Waals surface area contributed by atoms with E-state index in [2.05, 4.69) is 5.32 Å². The van der Waals surface area contributed by atoms with Gasteiger partial charge in [-0.05, 0) is 19.8 Å². The van der Waals surface area contributed by atoms with Crippen LogP contribution in [0.15, 0.2) is 0 Å². The molecular weight excluding hydrogens is 228 g/mol. The zero-order chi connectivity index (χ0) is 13.6. The predicted molar refractivity (Wildman–Crippen MR) is 59.3 cm³/mol. The van der Waals surface area contributed by atoms with Gasteiger partial charge >= 0.3 is 11.9 Å². The maximum Gasteiger partial charge on any atom is 0.329 e. The Morgan fingerprint density at radius 2 is 1.88 bits per heavy atom. The number of carbonyl (C=O) groups excluding carboxylic acids is 1. The van der Waals surface area contributed by atoms with E-state index in [1.54, 1.807) is 6.92 Å². The highest BCUT2D eigenvalue weighted by molar-refractivity contribution is 5.89. The molecule has 0 heterocycles. The SMILES string of the molecule is CCC(C)(NC(=O)C(N)CCC(=O)O)C(=O)O. The summed E-state index contributed by atoms with van der Waals surface area (Å²) in [7, 11) is 0. The van der Waals surface area contributed by atoms with E-state index in [4.69, 9.17) is 15.9 Å². The lowest BCUT2D eigenvalue weighted by atomic mass is 9.98. The second-order valence-corrected chi connectivity index (χ2v) is 4.02. The van der Waals surface area contributed by atoms with Gasteiger partial charge in [-0.1, -0.05) is 6.92 Å². The van der Waals surface area contributed by atoms with Crippen molar-refractivity contribution < 1.29 is 24.6 Å². The minimum absolute atomic E-state index is 0.0272. The first kappa shape index (κ1) is 15.4. The van der Waals surface area contributed by atoms with E-state index in [0.717, 1.165) is 0 Å². The molecule has 7 heteroatoms. The van der Waals surface area contributed by atoms with Gasteiger partial charge in [0, 0.05) is 6.42 Å². The molecule has 0 radical (unpaired) electrons. The summed E-state index contributed by atoms with van der Waals surface area (Å²) in [4.78, 5) is 32.8. The molecule has 7 nitrogen and oxygen atoms in total. The van der Waals surface area contributed by atoms with E-state index in [9.17, 15) is 14.4 Å². The van der Waals surface area contributed by atoms with Crippen molar-refractivity contribution in [1.82, 2.24) is 5.32 Å². The largest absolute Gasteiger partial charge is 0.481 e. The van der Waals surface area contributed by atoms with Crippen molar-refractivity contribution in [3.63, 3.8) is 0 Å². The molecule has 98 valence electrons. The maximum absolute atomic E-state index is 11.5. The molecule has 0 saturated heterocycles. The van der Waals surface area contributed by atoms with Gasteiger partial charge in [-0.2, -0.15) is 0 Å². The lowest BCUT2D eigenvalue weighted by Gasteiger charge is -2.26. The van der Waals surface area contributed by atoms with Crippen LogP contribution in [0.3, 0.4) is 0 Å². The smallest absolute Gasteiger partial charge is 0.329 e. The Balaban J connectivity index is 4.42. The molecule has 0 aliphatic rings. The van der Waals surface area contributed by atoms with Crippen LogP contribution in [0.1, 0.15) is 33.1 Å². The summed E-state index contributed by atoms with van der Waals surface area (Å²) in [6, 6.07) is -1.02. The number of amides is 1. The Morgan fingerprint density at radius 1 is 1.35 bits per heavy atom. The summed E-state index contributed by atoms with van der Waals surface area (Å²) in [6.45, 7) is 2.99. The van der Waals surface area contributed by atoms with Gasteiger partial charge in [0.1, 0.15) is 5.54 Å². The number of nitrogens with two attached hydrogens (primary N) is 1. The zero-order valence-corrected chi connectivity index (χ0v) is 9.90. The monoisotopic (exact) mass is 246 g/mol. The molecule has 0 bridgehead atoms. The highest BCUT2D eigenvalue weighted by Crippen LogP contribution is 2.10. The fraction of sp³-hybridized carbons (Fsp3) is 0.700. The Hall–Kier alpha value is -1.63. The molecule has 0 aliphatic heterocycles. The minimum atomic E-state index is -1.38. The van der Waals surface area contributed by atoms with Crippen molar-refractivity contribution >= 4 is 17.8 Å². The van der Waals surface area contributed by atoms with E-state index in [-0.39, 0.29) is 19.3 Å². The fourth-order valence-electron chi connectivity index (χ4n) is 1.07. The quantitative estimate of drug-likeness (QED) is 0.481. The third-order valence-corrected chi connectivity index (χ3v) is 2.58. The van der Waals surface area contributed by atoms with Gasteiger partial charge in [0.2, 0.25) is 5.91 Å². The molecule has 0 saturated carbocycles. The number of carbonyl (C=O) groups is 3. The van der Waals surface area contributed by atoms with E-state index in [0.29, 0.717) is 0 Å². The average Bonchev–Trinajstić information content (AvgIpc) is 2.24. The summed E-state index contributed by atoms with van der Waals surface area (Å²) in [5.74, 6) is -2.86. The van der Waals surface area contributed by atoms with Crippen LogP contribution in [0.25, 0.3) is 0 Å². The Labute approximate surface area is 99.0 Å². The highest BCUT2D eigenvalue weighted by atomic mass is 16.4. The van der Waals surface area contributed by atoms with Crippen molar-refractivity contribution in [3.8, 4) is 0 Å². The summed E-state index contributed by atoms with van der Waals surface area (Å²) in [5.41, 5.74) is 4.08. The van der Waals surface area contributed by atoms with E-state index >= 15 is 0 Å². The lowest BCUT2D eigenvalue weighted by Crippen LogP contribution is -2.56. The molecule has 2 atom stereocenters. The van der Waals surface area contributed by atoms with Gasteiger partial charge in [0.15, 0.2) is 0 Å². The fourth-order valence-corrected chi connectivity index (χ4v) is 1.07. The van der Waals surface area contributed by atoms with E-state index in [1.165, 1.54) is 6.92 Å². The normalized spacial score (nSPS) is 15.7. The molecule has 1 amide bonds. The summed E-state index contributed by atoms with van der Waals surface area (Å²) >= 11 is 0. The van der Waals surface area contributed by atoms with Crippen LogP contribution >= 0.6 is 0 Å². The van der Waals surface area contributed by atoms with Crippen molar-refractivity contribution in [1.29, 1.82) is 0 Å². The minimum Gasteiger partial charge on any atom is -0.481 e. The van der Waals surface area contributed by atoms with Gasteiger partial charge in [0.25, 0.3) is 0 Å². The van der Waals surface area contributed by atoms with Crippen LogP contribution in [0.4, 0.5) is 0 Å². The number of aliphatic carboxylic acids is 2. The van der Waals surface area contributed by atoms with Crippen molar-refractivity contribution in [3.05, 3.63) is 0 Å². The number of nitrogens with one attached hydrogen (secondary N) is 1. The average molecular weight is 246 g/mol. The number of rotatable bonds is 7. The Bertz CT molecular complexity index is 318.